The molecule has 1 aromatic carbocycles. The van der Waals surface area contributed by atoms with Crippen LogP contribution in [0.4, 0.5) is 5.13 Å². The van der Waals surface area contributed by atoms with E-state index in [1.54, 1.807) is 17.5 Å². The first-order valence-corrected chi connectivity index (χ1v) is 6.72. The molecule has 5 heteroatoms. The van der Waals surface area contributed by atoms with Gasteiger partial charge in [-0.3, -0.25) is 10.4 Å². The molecule has 20 heavy (non-hydrogen) atoms. The van der Waals surface area contributed by atoms with E-state index in [2.05, 4.69) is 20.5 Å². The fourth-order valence-electron chi connectivity index (χ4n) is 1.69. The van der Waals surface area contributed by atoms with Crippen LogP contribution in [0.3, 0.4) is 0 Å². The maximum absolute atomic E-state index is 4.46. The van der Waals surface area contributed by atoms with Crippen LogP contribution in [0.1, 0.15) is 20.0 Å². The van der Waals surface area contributed by atoms with E-state index >= 15 is 0 Å². The Morgan fingerprint density at radius 3 is 2.70 bits per heavy atom. The highest BCUT2D eigenvalue weighted by Crippen LogP contribution is 2.25. The van der Waals surface area contributed by atoms with E-state index in [0.29, 0.717) is 0 Å². The average Bonchev–Trinajstić information content (AvgIpc) is 2.88. The minimum Gasteiger partial charge on any atom is -0.255 e. The number of benzene rings is 1. The van der Waals surface area contributed by atoms with Crippen molar-refractivity contribution in [1.82, 2.24) is 9.97 Å². The summed E-state index contributed by atoms with van der Waals surface area (Å²) in [6.07, 6.45) is 1.76. The first kappa shape index (κ1) is 14.1. The zero-order valence-corrected chi connectivity index (χ0v) is 11.2. The molecular formula is C15H16N4S. The van der Waals surface area contributed by atoms with Gasteiger partial charge in [-0.15, -0.1) is 0 Å². The van der Waals surface area contributed by atoms with Crippen molar-refractivity contribution in [2.24, 2.45) is 5.10 Å². The second-order valence-electron chi connectivity index (χ2n) is 4.01. The molecule has 0 aliphatic carbocycles. The quantitative estimate of drug-likeness (QED) is 0.580. The maximum Gasteiger partial charge on any atom is 0.204 e. The standard InChI is InChI=1S/C14H12N4S.CH4/c1-10(11-6-4-5-9-15-11)17-18-14-16-12-7-2-3-8-13(12)19-14;/h2-9H,1H3,(H,16,18);1H4/b17-10+;. The Bertz CT molecular complexity index is 686. The van der Waals surface area contributed by atoms with Crippen LogP contribution < -0.4 is 5.43 Å². The van der Waals surface area contributed by atoms with Gasteiger partial charge in [0.05, 0.1) is 21.6 Å². The zero-order valence-electron chi connectivity index (χ0n) is 10.4. The summed E-state index contributed by atoms with van der Waals surface area (Å²) < 4.78 is 1.15. The molecule has 4 nitrogen and oxygen atoms in total. The van der Waals surface area contributed by atoms with Crippen molar-refractivity contribution < 1.29 is 0 Å². The first-order valence-electron chi connectivity index (χ1n) is 5.90. The molecule has 2 aromatic heterocycles. The van der Waals surface area contributed by atoms with E-state index in [-0.39, 0.29) is 7.43 Å². The van der Waals surface area contributed by atoms with Crippen molar-refractivity contribution in [3.8, 4) is 0 Å². The third-order valence-corrected chi connectivity index (χ3v) is 3.59. The Kier molecular flexibility index (Phi) is 4.42. The third-order valence-electron chi connectivity index (χ3n) is 2.65. The van der Waals surface area contributed by atoms with Crippen molar-refractivity contribution in [3.05, 3.63) is 54.4 Å². The monoisotopic (exact) mass is 284 g/mol. The number of thiazole rings is 1. The van der Waals surface area contributed by atoms with E-state index in [1.807, 2.05) is 49.4 Å². The van der Waals surface area contributed by atoms with E-state index in [1.165, 1.54) is 0 Å². The largest absolute Gasteiger partial charge is 0.255 e. The maximum atomic E-state index is 4.46. The number of hydrogen-bond acceptors (Lipinski definition) is 5. The van der Waals surface area contributed by atoms with Crippen LogP contribution in [0.5, 0.6) is 0 Å². The van der Waals surface area contributed by atoms with Crippen molar-refractivity contribution in [1.29, 1.82) is 0 Å². The Hall–Kier alpha value is -2.27. The molecule has 0 unspecified atom stereocenters. The van der Waals surface area contributed by atoms with Gasteiger partial charge in [-0.05, 0) is 31.2 Å². The number of pyridine rings is 1. The molecule has 2 heterocycles. The molecule has 0 aliphatic rings. The number of rotatable bonds is 3. The van der Waals surface area contributed by atoms with Crippen molar-refractivity contribution >= 4 is 32.4 Å². The minimum absolute atomic E-state index is 0. The van der Waals surface area contributed by atoms with E-state index < -0.39 is 0 Å². The predicted octanol–water partition coefficient (Wildman–Crippen LogP) is 4.16. The molecule has 0 bridgehead atoms. The lowest BCUT2D eigenvalue weighted by molar-refractivity contribution is 1.24. The lowest BCUT2D eigenvalue weighted by atomic mass is 10.3. The van der Waals surface area contributed by atoms with Crippen LogP contribution in [0.2, 0.25) is 0 Å². The van der Waals surface area contributed by atoms with Crippen molar-refractivity contribution in [2.45, 2.75) is 14.4 Å². The molecular weight excluding hydrogens is 268 g/mol. The summed E-state index contributed by atoms with van der Waals surface area (Å²) in [5, 5.41) is 5.10. The third kappa shape index (κ3) is 3.00. The number of nitrogens with zero attached hydrogens (tertiary/aromatic N) is 3. The van der Waals surface area contributed by atoms with Crippen LogP contribution in [0.15, 0.2) is 53.8 Å². The molecule has 3 aromatic rings. The molecule has 3 rings (SSSR count). The molecule has 1 N–H and O–H groups in total. The second-order valence-corrected chi connectivity index (χ2v) is 5.04. The summed E-state index contributed by atoms with van der Waals surface area (Å²) in [6, 6.07) is 13.8. The summed E-state index contributed by atoms with van der Waals surface area (Å²) in [5.74, 6) is 0. The average molecular weight is 284 g/mol. The predicted molar refractivity (Wildman–Crippen MR) is 86.4 cm³/mol. The molecule has 0 amide bonds. The summed E-state index contributed by atoms with van der Waals surface area (Å²) >= 11 is 1.58. The highest BCUT2D eigenvalue weighted by Gasteiger charge is 2.02. The molecule has 0 aliphatic heterocycles. The Labute approximate surface area is 122 Å². The fraction of sp³-hybridized carbons (Fsp3) is 0.133. The Morgan fingerprint density at radius 2 is 1.95 bits per heavy atom. The summed E-state index contributed by atoms with van der Waals surface area (Å²) in [7, 11) is 0. The second kappa shape index (κ2) is 6.25. The van der Waals surface area contributed by atoms with Gasteiger partial charge < -0.3 is 0 Å². The Balaban J connectivity index is 0.00000147. The molecule has 0 radical (unpaired) electrons. The van der Waals surface area contributed by atoms with Gasteiger partial charge in [-0.2, -0.15) is 5.10 Å². The van der Waals surface area contributed by atoms with Gasteiger partial charge in [0.25, 0.3) is 0 Å². The Morgan fingerprint density at radius 1 is 1.15 bits per heavy atom. The van der Waals surface area contributed by atoms with Crippen LogP contribution in [0, 0.1) is 0 Å². The normalized spacial score (nSPS) is 11.2. The first-order chi connectivity index (χ1) is 9.33. The van der Waals surface area contributed by atoms with Crippen molar-refractivity contribution in [3.63, 3.8) is 0 Å². The van der Waals surface area contributed by atoms with Crippen LogP contribution >= 0.6 is 11.3 Å². The SMILES string of the molecule is C.C/C(=N\Nc1nc2ccccc2s1)c1ccccn1. The lowest BCUT2D eigenvalue weighted by Crippen LogP contribution is -2.01. The highest BCUT2D eigenvalue weighted by molar-refractivity contribution is 7.22. The van der Waals surface area contributed by atoms with Gasteiger partial charge in [0, 0.05) is 6.20 Å². The number of hydrazone groups is 1. The number of nitrogens with one attached hydrogen (secondary N) is 1. The van der Waals surface area contributed by atoms with Crippen LogP contribution in [-0.4, -0.2) is 15.7 Å². The molecule has 0 fully saturated rings. The minimum atomic E-state index is 0. The number of para-hydroxylation sites is 1. The van der Waals surface area contributed by atoms with Gasteiger partial charge in [-0.1, -0.05) is 37.0 Å². The number of hydrogen-bond donors (Lipinski definition) is 1. The van der Waals surface area contributed by atoms with E-state index in [4.69, 9.17) is 0 Å². The molecule has 0 atom stereocenters. The molecule has 0 spiro atoms. The smallest absolute Gasteiger partial charge is 0.204 e. The van der Waals surface area contributed by atoms with Crippen LogP contribution in [0.25, 0.3) is 10.2 Å². The molecule has 0 saturated carbocycles. The highest BCUT2D eigenvalue weighted by atomic mass is 32.1. The zero-order chi connectivity index (χ0) is 13.1. The van der Waals surface area contributed by atoms with E-state index in [9.17, 15) is 0 Å². The topological polar surface area (TPSA) is 50.2 Å². The molecule has 102 valence electrons. The van der Waals surface area contributed by atoms with Gasteiger partial charge in [-0.25, -0.2) is 4.98 Å². The van der Waals surface area contributed by atoms with E-state index in [0.717, 1.165) is 26.8 Å². The summed E-state index contributed by atoms with van der Waals surface area (Å²) in [4.78, 5) is 8.70. The summed E-state index contributed by atoms with van der Waals surface area (Å²) in [5.41, 5.74) is 5.67. The van der Waals surface area contributed by atoms with Gasteiger partial charge in [0.15, 0.2) is 0 Å². The summed E-state index contributed by atoms with van der Waals surface area (Å²) in [6.45, 7) is 1.92. The molecule has 0 saturated heterocycles. The van der Waals surface area contributed by atoms with Crippen LogP contribution in [-0.2, 0) is 0 Å². The van der Waals surface area contributed by atoms with Gasteiger partial charge in [0.2, 0.25) is 5.13 Å². The number of anilines is 1. The lowest BCUT2D eigenvalue weighted by Gasteiger charge is -1.99. The van der Waals surface area contributed by atoms with Crippen molar-refractivity contribution in [2.75, 3.05) is 5.43 Å². The fourth-order valence-corrected chi connectivity index (χ4v) is 2.49. The number of fused-ring (bicyclic) bond motifs is 1. The van der Waals surface area contributed by atoms with Gasteiger partial charge in [0.1, 0.15) is 0 Å². The van der Waals surface area contributed by atoms with Gasteiger partial charge >= 0.3 is 0 Å². The number of aromatic nitrogens is 2.